The molecule has 2 heterocycles. The monoisotopic (exact) mass is 360 g/mol. The van der Waals surface area contributed by atoms with Gasteiger partial charge >= 0.3 is 17.6 Å². The topological polar surface area (TPSA) is 112 Å². The van der Waals surface area contributed by atoms with Crippen LogP contribution in [0.3, 0.4) is 0 Å². The van der Waals surface area contributed by atoms with Crippen LogP contribution in [0.4, 0.5) is 0 Å². The summed E-state index contributed by atoms with van der Waals surface area (Å²) in [5.74, 6) is -0.914. The van der Waals surface area contributed by atoms with E-state index in [1.165, 1.54) is 4.57 Å². The maximum atomic E-state index is 12.0. The number of rotatable bonds is 8. The van der Waals surface area contributed by atoms with Gasteiger partial charge in [0.1, 0.15) is 0 Å². The summed E-state index contributed by atoms with van der Waals surface area (Å²) in [6.45, 7) is 4.95. The van der Waals surface area contributed by atoms with Crippen LogP contribution in [0.1, 0.15) is 36.8 Å². The van der Waals surface area contributed by atoms with Gasteiger partial charge in [-0.3, -0.25) is 9.36 Å². The van der Waals surface area contributed by atoms with Crippen molar-refractivity contribution >= 4 is 17.0 Å². The maximum absolute atomic E-state index is 12.0. The first kappa shape index (κ1) is 17.9. The van der Waals surface area contributed by atoms with Gasteiger partial charge in [0.15, 0.2) is 11.4 Å². The zero-order chi connectivity index (χ0) is 18.5. The van der Waals surface area contributed by atoms with E-state index in [4.69, 9.17) is 13.7 Å². The van der Waals surface area contributed by atoms with Gasteiger partial charge < -0.3 is 19.0 Å². The van der Waals surface area contributed by atoms with Crippen LogP contribution in [0.2, 0.25) is 0 Å². The average molecular weight is 360 g/mol. The Balaban J connectivity index is 1.60. The number of ether oxygens (including phenoxy) is 1. The van der Waals surface area contributed by atoms with E-state index in [1.807, 2.05) is 13.8 Å². The van der Waals surface area contributed by atoms with Crippen LogP contribution in [-0.2, 0) is 11.3 Å². The summed E-state index contributed by atoms with van der Waals surface area (Å²) in [4.78, 5) is 28.0. The first-order chi connectivity index (χ1) is 12.5. The predicted molar refractivity (Wildman–Crippen MR) is 91.9 cm³/mol. The van der Waals surface area contributed by atoms with E-state index in [-0.39, 0.29) is 24.4 Å². The molecule has 1 aromatic carbocycles. The summed E-state index contributed by atoms with van der Waals surface area (Å²) in [7, 11) is 0. The van der Waals surface area contributed by atoms with Gasteiger partial charge in [0.25, 0.3) is 0 Å². The highest BCUT2D eigenvalue weighted by atomic mass is 16.5. The molecule has 0 bridgehead atoms. The number of oxazole rings is 1. The van der Waals surface area contributed by atoms with E-state index in [2.05, 4.69) is 15.5 Å². The number of fused-ring (bicyclic) bond motifs is 1. The summed E-state index contributed by atoms with van der Waals surface area (Å²) in [6.07, 6.45) is 0.841. The minimum Gasteiger partial charge on any atom is -0.408 e. The summed E-state index contributed by atoms with van der Waals surface area (Å²) < 4.78 is 16.9. The van der Waals surface area contributed by atoms with Gasteiger partial charge in [-0.15, -0.1) is 0 Å². The van der Waals surface area contributed by atoms with Gasteiger partial charge in [-0.1, -0.05) is 17.3 Å². The van der Waals surface area contributed by atoms with Crippen molar-refractivity contribution in [3.63, 3.8) is 0 Å². The first-order valence-corrected chi connectivity index (χ1v) is 8.35. The predicted octanol–water partition coefficient (Wildman–Crippen LogP) is 1.57. The SMILES string of the molecule is CC(C)OCCCNC(=O)c1nc(Cn2c(=O)oc3ccccc32)no1. The van der Waals surface area contributed by atoms with Crippen molar-refractivity contribution in [2.45, 2.75) is 32.9 Å². The number of nitrogens with zero attached hydrogens (tertiary/aromatic N) is 3. The molecular formula is C17H20N4O5. The molecule has 0 fully saturated rings. The fourth-order valence-corrected chi connectivity index (χ4v) is 2.38. The lowest BCUT2D eigenvalue weighted by molar-refractivity contribution is 0.0751. The molecule has 0 radical (unpaired) electrons. The minimum atomic E-state index is -0.521. The van der Waals surface area contributed by atoms with Crippen molar-refractivity contribution in [2.75, 3.05) is 13.2 Å². The fraction of sp³-hybridized carbons (Fsp3) is 0.412. The molecule has 1 amide bonds. The number of hydrogen-bond acceptors (Lipinski definition) is 7. The second-order valence-electron chi connectivity index (χ2n) is 5.97. The van der Waals surface area contributed by atoms with Gasteiger partial charge in [0.2, 0.25) is 0 Å². The molecule has 9 nitrogen and oxygen atoms in total. The van der Waals surface area contributed by atoms with E-state index < -0.39 is 11.7 Å². The van der Waals surface area contributed by atoms with Crippen molar-refractivity contribution in [3.05, 3.63) is 46.5 Å². The standard InChI is InChI=1S/C17H20N4O5/c1-11(2)24-9-5-8-18-15(22)16-19-14(20-26-16)10-21-12-6-3-4-7-13(12)25-17(21)23/h3-4,6-7,11H,5,8-10H2,1-2H3,(H,18,22). The lowest BCUT2D eigenvalue weighted by atomic mass is 10.3. The number of hydrogen-bond donors (Lipinski definition) is 1. The Morgan fingerprint density at radius 1 is 1.35 bits per heavy atom. The molecule has 0 atom stereocenters. The molecule has 0 aliphatic carbocycles. The summed E-state index contributed by atoms with van der Waals surface area (Å²) in [5.41, 5.74) is 1.10. The Labute approximate surface area is 148 Å². The highest BCUT2D eigenvalue weighted by Gasteiger charge is 2.17. The van der Waals surface area contributed by atoms with Gasteiger partial charge in [0.05, 0.1) is 18.2 Å². The van der Waals surface area contributed by atoms with E-state index >= 15 is 0 Å². The summed E-state index contributed by atoms with van der Waals surface area (Å²) in [5, 5.41) is 6.44. The maximum Gasteiger partial charge on any atom is 0.420 e. The third kappa shape index (κ3) is 4.17. The van der Waals surface area contributed by atoms with Crippen LogP contribution in [0.25, 0.3) is 11.1 Å². The number of nitrogens with one attached hydrogen (secondary N) is 1. The molecule has 138 valence electrons. The smallest absolute Gasteiger partial charge is 0.408 e. The lowest BCUT2D eigenvalue weighted by Crippen LogP contribution is -2.26. The molecule has 3 aromatic rings. The first-order valence-electron chi connectivity index (χ1n) is 8.35. The normalized spacial score (nSPS) is 11.3. The molecule has 0 unspecified atom stereocenters. The number of aromatic nitrogens is 3. The van der Waals surface area contributed by atoms with E-state index in [9.17, 15) is 9.59 Å². The molecule has 3 rings (SSSR count). The van der Waals surface area contributed by atoms with Crippen molar-refractivity contribution in [3.8, 4) is 0 Å². The van der Waals surface area contributed by atoms with E-state index in [0.717, 1.165) is 0 Å². The zero-order valence-corrected chi connectivity index (χ0v) is 14.6. The fourth-order valence-electron chi connectivity index (χ4n) is 2.38. The molecule has 0 aliphatic heterocycles. The van der Waals surface area contributed by atoms with Gasteiger partial charge in [-0.2, -0.15) is 4.98 Å². The molecule has 9 heteroatoms. The summed E-state index contributed by atoms with van der Waals surface area (Å²) in [6, 6.07) is 7.03. The quantitative estimate of drug-likeness (QED) is 0.607. The van der Waals surface area contributed by atoms with E-state index in [1.54, 1.807) is 24.3 Å². The number of carbonyl (C=O) groups excluding carboxylic acids is 1. The third-order valence-electron chi connectivity index (χ3n) is 3.59. The number of benzene rings is 1. The van der Waals surface area contributed by atoms with Crippen LogP contribution in [0.5, 0.6) is 0 Å². The number of para-hydroxylation sites is 2. The molecule has 0 spiro atoms. The number of amides is 1. The average Bonchev–Trinajstić information content (AvgIpc) is 3.20. The Bertz CT molecular complexity index is 940. The van der Waals surface area contributed by atoms with Gasteiger partial charge in [-0.25, -0.2) is 4.79 Å². The van der Waals surface area contributed by atoms with Crippen LogP contribution < -0.4 is 11.1 Å². The van der Waals surface area contributed by atoms with Gasteiger partial charge in [0, 0.05) is 13.2 Å². The Morgan fingerprint density at radius 3 is 2.96 bits per heavy atom. The zero-order valence-electron chi connectivity index (χ0n) is 14.6. The molecule has 0 saturated heterocycles. The van der Waals surface area contributed by atoms with Gasteiger partial charge in [-0.05, 0) is 32.4 Å². The van der Waals surface area contributed by atoms with Crippen LogP contribution in [0, 0.1) is 0 Å². The molecule has 0 saturated carbocycles. The largest absolute Gasteiger partial charge is 0.420 e. The minimum absolute atomic E-state index is 0.0505. The highest BCUT2D eigenvalue weighted by molar-refractivity contribution is 5.89. The number of carbonyl (C=O) groups is 1. The van der Waals surface area contributed by atoms with Crippen LogP contribution in [-0.4, -0.2) is 39.9 Å². The second kappa shape index (κ2) is 7.96. The summed E-state index contributed by atoms with van der Waals surface area (Å²) >= 11 is 0. The van der Waals surface area contributed by atoms with Crippen molar-refractivity contribution in [1.29, 1.82) is 0 Å². The molecular weight excluding hydrogens is 340 g/mol. The van der Waals surface area contributed by atoms with Crippen molar-refractivity contribution in [1.82, 2.24) is 20.0 Å². The Hall–Kier alpha value is -2.94. The molecule has 26 heavy (non-hydrogen) atoms. The van der Waals surface area contributed by atoms with Crippen molar-refractivity contribution < 1.29 is 18.5 Å². The molecule has 0 aliphatic rings. The molecule has 1 N–H and O–H groups in total. The Morgan fingerprint density at radius 2 is 2.15 bits per heavy atom. The van der Waals surface area contributed by atoms with Crippen molar-refractivity contribution in [2.24, 2.45) is 0 Å². The highest BCUT2D eigenvalue weighted by Crippen LogP contribution is 2.12. The third-order valence-corrected chi connectivity index (χ3v) is 3.59. The van der Waals surface area contributed by atoms with Crippen LogP contribution >= 0.6 is 0 Å². The lowest BCUT2D eigenvalue weighted by Gasteiger charge is -2.06. The molecule has 2 aromatic heterocycles. The Kier molecular flexibility index (Phi) is 5.47. The van der Waals surface area contributed by atoms with E-state index in [0.29, 0.717) is 30.7 Å². The van der Waals surface area contributed by atoms with Crippen LogP contribution in [0.15, 0.2) is 38.0 Å². The second-order valence-corrected chi connectivity index (χ2v) is 5.97.